The van der Waals surface area contributed by atoms with E-state index in [0.29, 0.717) is 4.88 Å². The van der Waals surface area contributed by atoms with E-state index in [9.17, 15) is 9.90 Å². The number of azo groups is 1. The summed E-state index contributed by atoms with van der Waals surface area (Å²) in [6.45, 7) is 7.46. The summed E-state index contributed by atoms with van der Waals surface area (Å²) < 4.78 is 4.93. The quantitative estimate of drug-likeness (QED) is 0.667. The third-order valence-corrected chi connectivity index (χ3v) is 3.23. The van der Waals surface area contributed by atoms with Crippen molar-refractivity contribution in [3.05, 3.63) is 22.4 Å². The van der Waals surface area contributed by atoms with E-state index in [-0.39, 0.29) is 18.7 Å². The molecule has 6 heteroatoms. The molecule has 1 heterocycles. The van der Waals surface area contributed by atoms with Gasteiger partial charge in [-0.3, -0.25) is 0 Å². The highest BCUT2D eigenvalue weighted by Crippen LogP contribution is 2.28. The summed E-state index contributed by atoms with van der Waals surface area (Å²) in [4.78, 5) is 12.5. The number of nitrogens with zero attached hydrogens (tertiary/aromatic N) is 2. The van der Waals surface area contributed by atoms with Crippen LogP contribution >= 0.6 is 11.3 Å². The lowest BCUT2D eigenvalue weighted by atomic mass is 10.0. The molecule has 0 aliphatic rings. The van der Waals surface area contributed by atoms with Crippen molar-refractivity contribution >= 4 is 17.3 Å². The van der Waals surface area contributed by atoms with Gasteiger partial charge in [0.2, 0.25) is 5.60 Å². The average molecular weight is 284 g/mol. The van der Waals surface area contributed by atoms with Crippen molar-refractivity contribution in [2.24, 2.45) is 10.2 Å². The molecule has 0 radical (unpaired) electrons. The molecule has 1 rings (SSSR count). The first-order valence-electron chi connectivity index (χ1n) is 6.12. The zero-order valence-corrected chi connectivity index (χ0v) is 12.5. The highest BCUT2D eigenvalue weighted by molar-refractivity contribution is 7.10. The van der Waals surface area contributed by atoms with Gasteiger partial charge >= 0.3 is 5.97 Å². The maximum Gasteiger partial charge on any atom is 0.345 e. The third-order valence-electron chi connectivity index (χ3n) is 2.21. The molecule has 1 aromatic heterocycles. The molecule has 0 unspecified atom stereocenters. The maximum absolute atomic E-state index is 12.0. The number of aliphatic hydroxyl groups is 1. The summed E-state index contributed by atoms with van der Waals surface area (Å²) >= 11 is 1.29. The van der Waals surface area contributed by atoms with Crippen LogP contribution in [0.4, 0.5) is 0 Å². The van der Waals surface area contributed by atoms with E-state index in [1.165, 1.54) is 11.3 Å². The van der Waals surface area contributed by atoms with Gasteiger partial charge in [0, 0.05) is 4.88 Å². The highest BCUT2D eigenvalue weighted by atomic mass is 32.1. The third kappa shape index (κ3) is 4.40. The maximum atomic E-state index is 12.0. The Hall–Kier alpha value is -1.27. The van der Waals surface area contributed by atoms with Crippen molar-refractivity contribution in [2.75, 3.05) is 13.2 Å². The smallest absolute Gasteiger partial charge is 0.345 e. The fourth-order valence-corrected chi connectivity index (χ4v) is 2.16. The summed E-state index contributed by atoms with van der Waals surface area (Å²) in [5, 5.41) is 20.4. The molecule has 1 atom stereocenters. The van der Waals surface area contributed by atoms with Gasteiger partial charge in [0.1, 0.15) is 6.54 Å². The van der Waals surface area contributed by atoms with Gasteiger partial charge in [-0.05, 0) is 39.1 Å². The normalized spacial score (nSPS) is 15.4. The minimum Gasteiger partial charge on any atom is -0.464 e. The zero-order valence-electron chi connectivity index (χ0n) is 11.7. The Balaban J connectivity index is 2.94. The minimum atomic E-state index is -1.75. The molecule has 0 aromatic carbocycles. The molecule has 1 aromatic rings. The SMILES string of the molecule is CCOC(=O)[C@](O)(CN=NC(C)(C)C)c1cccs1. The van der Waals surface area contributed by atoms with Crippen molar-refractivity contribution in [2.45, 2.75) is 38.8 Å². The number of ether oxygens (including phenoxy) is 1. The molecular formula is C13H20N2O3S. The molecule has 0 spiro atoms. The average Bonchev–Trinajstić information content (AvgIpc) is 2.81. The van der Waals surface area contributed by atoms with Crippen LogP contribution in [-0.4, -0.2) is 29.8 Å². The second kappa shape index (κ2) is 6.25. The molecule has 0 aliphatic heterocycles. The Morgan fingerprint density at radius 2 is 2.16 bits per heavy atom. The number of rotatable bonds is 5. The number of carbonyl (C=O) groups is 1. The molecule has 0 aliphatic carbocycles. The van der Waals surface area contributed by atoms with Crippen LogP contribution in [0, 0.1) is 0 Å². The molecule has 1 N–H and O–H groups in total. The van der Waals surface area contributed by atoms with E-state index in [2.05, 4.69) is 10.2 Å². The monoisotopic (exact) mass is 284 g/mol. The molecule has 19 heavy (non-hydrogen) atoms. The summed E-state index contributed by atoms with van der Waals surface area (Å²) in [7, 11) is 0. The molecule has 0 amide bonds. The van der Waals surface area contributed by atoms with Crippen molar-refractivity contribution in [1.29, 1.82) is 0 Å². The number of esters is 1. The van der Waals surface area contributed by atoms with Gasteiger partial charge in [0.05, 0.1) is 12.1 Å². The van der Waals surface area contributed by atoms with Crippen LogP contribution in [0.15, 0.2) is 27.7 Å². The number of hydrogen-bond donors (Lipinski definition) is 1. The molecular weight excluding hydrogens is 264 g/mol. The van der Waals surface area contributed by atoms with Crippen molar-refractivity contribution in [3.8, 4) is 0 Å². The van der Waals surface area contributed by atoms with Crippen LogP contribution in [0.5, 0.6) is 0 Å². The van der Waals surface area contributed by atoms with E-state index in [1.807, 2.05) is 20.8 Å². The van der Waals surface area contributed by atoms with Gasteiger partial charge in [-0.15, -0.1) is 11.3 Å². The van der Waals surface area contributed by atoms with Gasteiger partial charge < -0.3 is 9.84 Å². The Morgan fingerprint density at radius 1 is 1.47 bits per heavy atom. The van der Waals surface area contributed by atoms with E-state index in [0.717, 1.165) is 0 Å². The Morgan fingerprint density at radius 3 is 2.63 bits per heavy atom. The van der Waals surface area contributed by atoms with Crippen LogP contribution in [0.1, 0.15) is 32.6 Å². The van der Waals surface area contributed by atoms with Crippen LogP contribution in [0.2, 0.25) is 0 Å². The minimum absolute atomic E-state index is 0.135. The first-order valence-corrected chi connectivity index (χ1v) is 7.00. The molecule has 0 bridgehead atoms. The van der Waals surface area contributed by atoms with Gasteiger partial charge in [-0.25, -0.2) is 4.79 Å². The van der Waals surface area contributed by atoms with Crippen molar-refractivity contribution in [1.82, 2.24) is 0 Å². The Labute approximate surface area is 117 Å². The lowest BCUT2D eigenvalue weighted by Crippen LogP contribution is -2.39. The number of carbonyl (C=O) groups excluding carboxylic acids is 1. The summed E-state index contributed by atoms with van der Waals surface area (Å²) in [6.07, 6.45) is 0. The summed E-state index contributed by atoms with van der Waals surface area (Å²) in [6, 6.07) is 3.46. The van der Waals surface area contributed by atoms with Crippen LogP contribution in [-0.2, 0) is 15.1 Å². The van der Waals surface area contributed by atoms with E-state index < -0.39 is 11.6 Å². The first kappa shape index (κ1) is 15.8. The molecule has 106 valence electrons. The van der Waals surface area contributed by atoms with Crippen molar-refractivity contribution < 1.29 is 14.6 Å². The topological polar surface area (TPSA) is 71.2 Å². The predicted molar refractivity (Wildman–Crippen MR) is 74.3 cm³/mol. The lowest BCUT2D eigenvalue weighted by molar-refractivity contribution is -0.164. The molecule has 0 saturated heterocycles. The Kier molecular flexibility index (Phi) is 5.20. The zero-order chi connectivity index (χ0) is 14.5. The first-order chi connectivity index (χ1) is 8.79. The molecule has 5 nitrogen and oxygen atoms in total. The fourth-order valence-electron chi connectivity index (χ4n) is 1.36. The fraction of sp³-hybridized carbons (Fsp3) is 0.615. The molecule has 0 fully saturated rings. The van der Waals surface area contributed by atoms with Gasteiger partial charge in [0.15, 0.2) is 0 Å². The largest absolute Gasteiger partial charge is 0.464 e. The van der Waals surface area contributed by atoms with Gasteiger partial charge in [-0.2, -0.15) is 10.2 Å². The van der Waals surface area contributed by atoms with Crippen LogP contribution in [0.25, 0.3) is 0 Å². The van der Waals surface area contributed by atoms with Crippen molar-refractivity contribution in [3.63, 3.8) is 0 Å². The predicted octanol–water partition coefficient (Wildman–Crippen LogP) is 2.75. The van der Waals surface area contributed by atoms with Gasteiger partial charge in [0.25, 0.3) is 0 Å². The van der Waals surface area contributed by atoms with E-state index in [1.54, 1.807) is 24.4 Å². The van der Waals surface area contributed by atoms with Crippen LogP contribution < -0.4 is 0 Å². The standard InChI is InChI=1S/C13H20N2O3S/c1-5-18-11(16)13(17,10-7-6-8-19-10)9-14-15-12(2,3)4/h6-8,17H,5,9H2,1-4H3/t13-/m0/s1. The van der Waals surface area contributed by atoms with Crippen LogP contribution in [0.3, 0.4) is 0 Å². The summed E-state index contributed by atoms with van der Waals surface area (Å²) in [5.74, 6) is -0.690. The highest BCUT2D eigenvalue weighted by Gasteiger charge is 2.41. The second-order valence-corrected chi connectivity index (χ2v) is 6.08. The van der Waals surface area contributed by atoms with E-state index >= 15 is 0 Å². The molecule has 0 saturated carbocycles. The lowest BCUT2D eigenvalue weighted by Gasteiger charge is -2.22. The number of hydrogen-bond acceptors (Lipinski definition) is 6. The number of thiophene rings is 1. The van der Waals surface area contributed by atoms with Gasteiger partial charge in [-0.1, -0.05) is 6.07 Å². The van der Waals surface area contributed by atoms with E-state index in [4.69, 9.17) is 4.74 Å². The summed E-state index contributed by atoms with van der Waals surface area (Å²) in [5.41, 5.74) is -2.09. The Bertz CT molecular complexity index is 437. The second-order valence-electron chi connectivity index (χ2n) is 5.13.